The fourth-order valence-corrected chi connectivity index (χ4v) is 4.23. The van der Waals surface area contributed by atoms with E-state index in [-0.39, 0.29) is 21.7 Å². The summed E-state index contributed by atoms with van der Waals surface area (Å²) in [6, 6.07) is -0.283. The third kappa shape index (κ3) is 2.15. The molecule has 20 heavy (non-hydrogen) atoms. The number of nitrogens with one attached hydrogen (secondary N) is 1. The smallest absolute Gasteiger partial charge is 0.217 e. The molecule has 0 saturated heterocycles. The summed E-state index contributed by atoms with van der Waals surface area (Å²) in [4.78, 5) is 22.9. The van der Waals surface area contributed by atoms with E-state index in [2.05, 4.69) is 5.32 Å². The molecule has 6 nitrogen and oxygen atoms in total. The minimum Gasteiger partial charge on any atom is -0.398 e. The van der Waals surface area contributed by atoms with Gasteiger partial charge in [0.2, 0.25) is 5.91 Å². The number of hydrogen-bond acceptors (Lipinski definition) is 5. The van der Waals surface area contributed by atoms with Gasteiger partial charge >= 0.3 is 0 Å². The van der Waals surface area contributed by atoms with Crippen LogP contribution in [0.4, 0.5) is 10.1 Å². The van der Waals surface area contributed by atoms with Crippen LogP contribution in [0.1, 0.15) is 22.8 Å². The summed E-state index contributed by atoms with van der Waals surface area (Å²) < 4.78 is 38.0. The molecule has 1 aromatic rings. The highest BCUT2D eigenvalue weighted by molar-refractivity contribution is 7.91. The molecule has 0 radical (unpaired) electrons. The Morgan fingerprint density at radius 3 is 2.65 bits per heavy atom. The van der Waals surface area contributed by atoms with Crippen LogP contribution < -0.4 is 11.1 Å². The standard InChI is InChI=1S/C12H13FN2O4S/c1-5-7(13)3-8(14)10-11(17)9(15-6(2)16)4-20(18,19)12(5)10/h3,9H,4,14H2,1-2H3,(H,15,16). The van der Waals surface area contributed by atoms with E-state index < -0.39 is 39.1 Å². The van der Waals surface area contributed by atoms with Gasteiger partial charge in [0.25, 0.3) is 0 Å². The molecule has 2 rings (SSSR count). The van der Waals surface area contributed by atoms with Crippen LogP contribution in [0.25, 0.3) is 0 Å². The molecule has 1 aromatic carbocycles. The largest absolute Gasteiger partial charge is 0.398 e. The number of hydrogen-bond donors (Lipinski definition) is 2. The molecule has 1 aliphatic rings. The number of anilines is 1. The summed E-state index contributed by atoms with van der Waals surface area (Å²) in [6.45, 7) is 2.45. The first kappa shape index (κ1) is 14.4. The topological polar surface area (TPSA) is 106 Å². The second-order valence-corrected chi connectivity index (χ2v) is 6.65. The molecular weight excluding hydrogens is 287 g/mol. The first-order valence-electron chi connectivity index (χ1n) is 5.77. The fourth-order valence-electron chi connectivity index (χ4n) is 2.29. The van der Waals surface area contributed by atoms with Crippen LogP contribution >= 0.6 is 0 Å². The quantitative estimate of drug-likeness (QED) is 0.720. The summed E-state index contributed by atoms with van der Waals surface area (Å²) in [5.41, 5.74) is 4.96. The van der Waals surface area contributed by atoms with Gasteiger partial charge in [-0.15, -0.1) is 0 Å². The lowest BCUT2D eigenvalue weighted by molar-refractivity contribution is -0.119. The van der Waals surface area contributed by atoms with Crippen molar-refractivity contribution in [1.29, 1.82) is 0 Å². The van der Waals surface area contributed by atoms with Crippen LogP contribution in [-0.2, 0) is 14.6 Å². The zero-order valence-electron chi connectivity index (χ0n) is 10.9. The summed E-state index contributed by atoms with van der Waals surface area (Å²) in [6.07, 6.45) is 0. The minimum atomic E-state index is -3.90. The lowest BCUT2D eigenvalue weighted by Crippen LogP contribution is -2.48. The van der Waals surface area contributed by atoms with E-state index in [1.807, 2.05) is 0 Å². The van der Waals surface area contributed by atoms with E-state index in [0.717, 1.165) is 6.07 Å². The lowest BCUT2D eigenvalue weighted by Gasteiger charge is -2.26. The first-order valence-corrected chi connectivity index (χ1v) is 7.43. The molecule has 1 heterocycles. The van der Waals surface area contributed by atoms with Crippen LogP contribution in [0.2, 0.25) is 0 Å². The van der Waals surface area contributed by atoms with Gasteiger partial charge in [-0.3, -0.25) is 9.59 Å². The summed E-state index contributed by atoms with van der Waals surface area (Å²) in [5, 5.41) is 2.27. The molecule has 1 unspecified atom stereocenters. The van der Waals surface area contributed by atoms with Crippen molar-refractivity contribution in [2.45, 2.75) is 24.8 Å². The number of amides is 1. The first-order chi connectivity index (χ1) is 9.15. The molecule has 0 spiro atoms. The van der Waals surface area contributed by atoms with Crippen LogP contribution in [0.15, 0.2) is 11.0 Å². The van der Waals surface area contributed by atoms with E-state index in [1.165, 1.54) is 13.8 Å². The molecular formula is C12H13FN2O4S. The monoisotopic (exact) mass is 300 g/mol. The van der Waals surface area contributed by atoms with Gasteiger partial charge in [-0.1, -0.05) is 0 Å². The highest BCUT2D eigenvalue weighted by atomic mass is 32.2. The number of benzene rings is 1. The Labute approximate surface area is 115 Å². The Balaban J connectivity index is 2.73. The molecule has 0 bridgehead atoms. The molecule has 3 N–H and O–H groups in total. The molecule has 1 aliphatic heterocycles. The Kier molecular flexibility index (Phi) is 3.29. The normalized spacial score (nSPS) is 20.4. The number of rotatable bonds is 1. The van der Waals surface area contributed by atoms with E-state index in [9.17, 15) is 22.4 Å². The van der Waals surface area contributed by atoms with E-state index in [1.54, 1.807) is 0 Å². The number of halogens is 1. The maximum Gasteiger partial charge on any atom is 0.217 e. The number of sulfone groups is 1. The van der Waals surface area contributed by atoms with Crippen molar-refractivity contribution < 1.29 is 22.4 Å². The predicted octanol–water partition coefficient (Wildman–Crippen LogP) is 0.191. The zero-order valence-corrected chi connectivity index (χ0v) is 11.7. The van der Waals surface area contributed by atoms with Gasteiger partial charge in [0, 0.05) is 18.2 Å². The molecule has 0 aliphatic carbocycles. The van der Waals surface area contributed by atoms with E-state index >= 15 is 0 Å². The van der Waals surface area contributed by atoms with Gasteiger partial charge in [0.05, 0.1) is 16.2 Å². The van der Waals surface area contributed by atoms with Gasteiger partial charge in [-0.2, -0.15) is 0 Å². The third-order valence-electron chi connectivity index (χ3n) is 3.13. The summed E-state index contributed by atoms with van der Waals surface area (Å²) in [7, 11) is -3.90. The summed E-state index contributed by atoms with van der Waals surface area (Å²) >= 11 is 0. The second-order valence-electron chi connectivity index (χ2n) is 4.68. The number of nitrogen functional groups attached to an aromatic ring is 1. The average molecular weight is 300 g/mol. The van der Waals surface area contributed by atoms with Gasteiger partial charge in [0.15, 0.2) is 15.6 Å². The van der Waals surface area contributed by atoms with Crippen LogP contribution in [0.5, 0.6) is 0 Å². The number of carbonyl (C=O) groups is 2. The molecule has 108 valence electrons. The molecule has 0 fully saturated rings. The minimum absolute atomic E-state index is 0.135. The number of ketones is 1. The van der Waals surface area contributed by atoms with E-state index in [0.29, 0.717) is 0 Å². The summed E-state index contributed by atoms with van der Waals surface area (Å²) in [5.74, 6) is -2.53. The molecule has 0 aromatic heterocycles. The SMILES string of the molecule is CC(=O)NC1CS(=O)(=O)c2c(C)c(F)cc(N)c2C1=O. The van der Waals surface area contributed by atoms with Crippen molar-refractivity contribution in [3.05, 3.63) is 23.0 Å². The lowest BCUT2D eigenvalue weighted by atomic mass is 10.00. The Hall–Kier alpha value is -1.96. The Morgan fingerprint density at radius 2 is 2.10 bits per heavy atom. The highest BCUT2D eigenvalue weighted by Crippen LogP contribution is 2.33. The number of fused-ring (bicyclic) bond motifs is 1. The fraction of sp³-hybridized carbons (Fsp3) is 0.333. The number of nitrogens with two attached hydrogens (primary N) is 1. The van der Waals surface area contributed by atoms with Gasteiger partial charge < -0.3 is 11.1 Å². The van der Waals surface area contributed by atoms with Gasteiger partial charge in [-0.25, -0.2) is 12.8 Å². The average Bonchev–Trinajstić information content (AvgIpc) is 2.29. The predicted molar refractivity (Wildman–Crippen MR) is 69.5 cm³/mol. The van der Waals surface area contributed by atoms with Crippen LogP contribution in [-0.4, -0.2) is 31.9 Å². The van der Waals surface area contributed by atoms with Crippen molar-refractivity contribution in [3.63, 3.8) is 0 Å². The molecule has 1 amide bonds. The Morgan fingerprint density at radius 1 is 1.50 bits per heavy atom. The Bertz CT molecular complexity index is 727. The van der Waals surface area contributed by atoms with Gasteiger partial charge in [0.1, 0.15) is 11.9 Å². The third-order valence-corrected chi connectivity index (χ3v) is 5.04. The van der Waals surface area contributed by atoms with Crippen molar-refractivity contribution in [2.24, 2.45) is 0 Å². The highest BCUT2D eigenvalue weighted by Gasteiger charge is 2.40. The zero-order chi connectivity index (χ0) is 15.2. The number of Topliss-reactive ketones (excluding diaryl/α,β-unsaturated/α-hetero) is 1. The molecule has 0 saturated carbocycles. The molecule has 8 heteroatoms. The van der Waals surface area contributed by atoms with E-state index in [4.69, 9.17) is 5.73 Å². The maximum absolute atomic E-state index is 13.6. The van der Waals surface area contributed by atoms with Crippen molar-refractivity contribution in [1.82, 2.24) is 5.32 Å². The second kappa shape index (κ2) is 4.55. The van der Waals surface area contributed by atoms with Crippen LogP contribution in [0.3, 0.4) is 0 Å². The number of carbonyl (C=O) groups excluding carboxylic acids is 2. The van der Waals surface area contributed by atoms with Crippen LogP contribution in [0, 0.1) is 12.7 Å². The molecule has 1 atom stereocenters. The van der Waals surface area contributed by atoms with Crippen molar-refractivity contribution >= 4 is 27.2 Å². The van der Waals surface area contributed by atoms with Crippen molar-refractivity contribution in [2.75, 3.05) is 11.5 Å². The van der Waals surface area contributed by atoms with Gasteiger partial charge in [-0.05, 0) is 13.0 Å². The van der Waals surface area contributed by atoms with Crippen molar-refractivity contribution in [3.8, 4) is 0 Å². The maximum atomic E-state index is 13.6.